The van der Waals surface area contributed by atoms with Crippen molar-refractivity contribution in [2.45, 2.75) is 26.9 Å². The Bertz CT molecular complexity index is 368. The number of hydrogen-bond acceptors (Lipinski definition) is 3. The van der Waals surface area contributed by atoms with E-state index in [1.54, 1.807) is 0 Å². The van der Waals surface area contributed by atoms with Gasteiger partial charge in [0.05, 0.1) is 12.3 Å². The maximum absolute atomic E-state index is 11.4. The summed E-state index contributed by atoms with van der Waals surface area (Å²) in [5, 5.41) is 18.3. The minimum absolute atomic E-state index is 0.190. The van der Waals surface area contributed by atoms with Gasteiger partial charge in [-0.15, -0.1) is 0 Å². The Balaban J connectivity index is 3.11. The molecule has 4 heteroatoms. The highest BCUT2D eigenvalue weighted by Crippen LogP contribution is 2.13. The van der Waals surface area contributed by atoms with Crippen molar-refractivity contribution in [2.24, 2.45) is 5.92 Å². The first-order chi connectivity index (χ1) is 6.56. The lowest BCUT2D eigenvalue weighted by atomic mass is 10.1. The van der Waals surface area contributed by atoms with Gasteiger partial charge < -0.3 is 15.2 Å². The molecule has 0 saturated carbocycles. The van der Waals surface area contributed by atoms with Crippen molar-refractivity contribution in [3.8, 4) is 5.75 Å². The maximum Gasteiger partial charge on any atom is 0.228 e. The highest BCUT2D eigenvalue weighted by Gasteiger charge is 2.10. The average molecular weight is 197 g/mol. The van der Waals surface area contributed by atoms with Crippen LogP contribution < -0.4 is 5.43 Å². The van der Waals surface area contributed by atoms with Crippen molar-refractivity contribution in [1.82, 2.24) is 4.98 Å². The lowest BCUT2D eigenvalue weighted by molar-refractivity contribution is 0.279. The number of hydrogen-bond donors (Lipinski definition) is 3. The Kier molecular flexibility index (Phi) is 3.30. The molecule has 0 fully saturated rings. The molecule has 0 aromatic carbocycles. The van der Waals surface area contributed by atoms with Gasteiger partial charge in [0.2, 0.25) is 5.43 Å². The minimum Gasteiger partial charge on any atom is -0.503 e. The van der Waals surface area contributed by atoms with E-state index in [9.17, 15) is 9.90 Å². The average Bonchev–Trinajstić information content (AvgIpc) is 2.13. The van der Waals surface area contributed by atoms with Gasteiger partial charge in [0.15, 0.2) is 5.75 Å². The summed E-state index contributed by atoms with van der Waals surface area (Å²) in [5.74, 6) is 0.0850. The van der Waals surface area contributed by atoms with E-state index in [1.165, 1.54) is 6.20 Å². The summed E-state index contributed by atoms with van der Waals surface area (Å²) in [4.78, 5) is 14.2. The summed E-state index contributed by atoms with van der Waals surface area (Å²) in [5.41, 5.74) is 0.235. The molecule has 1 rings (SSSR count). The van der Waals surface area contributed by atoms with E-state index in [0.29, 0.717) is 18.0 Å². The number of aliphatic hydroxyl groups is 1. The summed E-state index contributed by atoms with van der Waals surface area (Å²) in [6.07, 6.45) is 2.06. The van der Waals surface area contributed by atoms with Crippen LogP contribution >= 0.6 is 0 Å². The molecule has 0 radical (unpaired) electrons. The van der Waals surface area contributed by atoms with Gasteiger partial charge in [-0.1, -0.05) is 13.8 Å². The molecule has 4 nitrogen and oxygen atoms in total. The second kappa shape index (κ2) is 4.28. The fourth-order valence-electron chi connectivity index (χ4n) is 1.28. The van der Waals surface area contributed by atoms with Crippen molar-refractivity contribution in [3.63, 3.8) is 0 Å². The largest absolute Gasteiger partial charge is 0.503 e. The van der Waals surface area contributed by atoms with Crippen LogP contribution in [0.1, 0.15) is 25.1 Å². The Hall–Kier alpha value is -1.29. The number of rotatable bonds is 3. The molecule has 0 atom stereocenters. The first kappa shape index (κ1) is 10.8. The molecule has 0 amide bonds. The Morgan fingerprint density at radius 2 is 2.14 bits per heavy atom. The molecule has 0 spiro atoms. The smallest absolute Gasteiger partial charge is 0.228 e. The van der Waals surface area contributed by atoms with Gasteiger partial charge in [-0.05, 0) is 12.3 Å². The van der Waals surface area contributed by atoms with E-state index >= 15 is 0 Å². The molecule has 0 bridgehead atoms. The van der Waals surface area contributed by atoms with E-state index in [1.807, 2.05) is 13.8 Å². The fourth-order valence-corrected chi connectivity index (χ4v) is 1.28. The first-order valence-electron chi connectivity index (χ1n) is 4.59. The third kappa shape index (κ3) is 2.14. The number of aromatic amines is 1. The molecule has 0 aliphatic carbocycles. The van der Waals surface area contributed by atoms with Crippen molar-refractivity contribution in [3.05, 3.63) is 27.7 Å². The quantitative estimate of drug-likeness (QED) is 0.670. The van der Waals surface area contributed by atoms with Gasteiger partial charge in [0, 0.05) is 11.8 Å². The normalized spacial score (nSPS) is 10.9. The maximum atomic E-state index is 11.4. The molecular formula is C10H15NO3. The van der Waals surface area contributed by atoms with Crippen LogP contribution in [0, 0.1) is 5.92 Å². The van der Waals surface area contributed by atoms with Crippen LogP contribution in [0.5, 0.6) is 5.75 Å². The zero-order valence-electron chi connectivity index (χ0n) is 8.37. The highest BCUT2D eigenvalue weighted by molar-refractivity contribution is 5.30. The van der Waals surface area contributed by atoms with Gasteiger partial charge in [-0.2, -0.15) is 0 Å². The van der Waals surface area contributed by atoms with Gasteiger partial charge in [-0.3, -0.25) is 4.79 Å². The zero-order chi connectivity index (χ0) is 10.7. The molecule has 0 aliphatic rings. The number of aliphatic hydroxyl groups excluding tert-OH is 1. The number of H-pyrrole nitrogens is 1. The number of aromatic hydroxyl groups is 1. The van der Waals surface area contributed by atoms with Crippen LogP contribution in [0.25, 0.3) is 0 Å². The fraction of sp³-hybridized carbons (Fsp3) is 0.500. The van der Waals surface area contributed by atoms with E-state index < -0.39 is 5.43 Å². The second-order valence-electron chi connectivity index (χ2n) is 3.73. The van der Waals surface area contributed by atoms with Crippen molar-refractivity contribution >= 4 is 0 Å². The predicted molar refractivity (Wildman–Crippen MR) is 53.2 cm³/mol. The van der Waals surface area contributed by atoms with Crippen molar-refractivity contribution in [2.75, 3.05) is 0 Å². The third-order valence-corrected chi connectivity index (χ3v) is 2.00. The topological polar surface area (TPSA) is 73.3 Å². The van der Waals surface area contributed by atoms with Gasteiger partial charge in [0.25, 0.3) is 0 Å². The van der Waals surface area contributed by atoms with Crippen LogP contribution in [0.2, 0.25) is 0 Å². The molecule has 3 N–H and O–H groups in total. The van der Waals surface area contributed by atoms with E-state index in [4.69, 9.17) is 5.11 Å². The highest BCUT2D eigenvalue weighted by atomic mass is 16.3. The second-order valence-corrected chi connectivity index (χ2v) is 3.73. The monoisotopic (exact) mass is 197 g/mol. The Morgan fingerprint density at radius 1 is 1.50 bits per heavy atom. The van der Waals surface area contributed by atoms with Crippen LogP contribution in [0.4, 0.5) is 0 Å². The summed E-state index contributed by atoms with van der Waals surface area (Å²) in [7, 11) is 0. The van der Waals surface area contributed by atoms with Crippen molar-refractivity contribution in [1.29, 1.82) is 0 Å². The van der Waals surface area contributed by atoms with E-state index in [-0.39, 0.29) is 17.9 Å². The first-order valence-corrected chi connectivity index (χ1v) is 4.59. The van der Waals surface area contributed by atoms with E-state index in [0.717, 1.165) is 0 Å². The molecule has 14 heavy (non-hydrogen) atoms. The van der Waals surface area contributed by atoms with Crippen molar-refractivity contribution < 1.29 is 10.2 Å². The van der Waals surface area contributed by atoms with Crippen LogP contribution in [0.15, 0.2) is 11.0 Å². The molecule has 1 heterocycles. The summed E-state index contributed by atoms with van der Waals surface area (Å²) >= 11 is 0. The summed E-state index contributed by atoms with van der Waals surface area (Å²) < 4.78 is 0. The SMILES string of the molecule is CC(C)Cc1[nH]cc(CO)c(=O)c1O. The standard InChI is InChI=1S/C10H15NO3/c1-6(2)3-8-10(14)9(13)7(5-12)4-11-8/h4,6,12,14H,3,5H2,1-2H3,(H,11,13). The molecule has 0 aliphatic heterocycles. The van der Waals surface area contributed by atoms with Gasteiger partial charge in [0.1, 0.15) is 0 Å². The van der Waals surface area contributed by atoms with Gasteiger partial charge in [-0.25, -0.2) is 0 Å². The zero-order valence-corrected chi connectivity index (χ0v) is 8.37. The van der Waals surface area contributed by atoms with Crippen LogP contribution in [0.3, 0.4) is 0 Å². The number of nitrogens with one attached hydrogen (secondary N) is 1. The lowest BCUT2D eigenvalue weighted by Gasteiger charge is -2.07. The summed E-state index contributed by atoms with van der Waals surface area (Å²) in [6.45, 7) is 3.64. The van der Waals surface area contributed by atoms with Crippen LogP contribution in [-0.4, -0.2) is 15.2 Å². The van der Waals surface area contributed by atoms with E-state index in [2.05, 4.69) is 4.98 Å². The minimum atomic E-state index is -0.484. The third-order valence-electron chi connectivity index (χ3n) is 2.00. The predicted octanol–water partition coefficient (Wildman–Crippen LogP) is 0.771. The lowest BCUT2D eigenvalue weighted by Crippen LogP contribution is -2.12. The Labute approximate surface area is 82.2 Å². The molecule has 78 valence electrons. The van der Waals surface area contributed by atoms with Gasteiger partial charge >= 0.3 is 0 Å². The summed E-state index contributed by atoms with van der Waals surface area (Å²) in [6, 6.07) is 0. The Morgan fingerprint density at radius 3 is 2.64 bits per heavy atom. The number of aromatic nitrogens is 1. The molecule has 0 unspecified atom stereocenters. The number of pyridine rings is 1. The molecule has 1 aromatic rings. The molecule has 1 aromatic heterocycles. The molecular weight excluding hydrogens is 182 g/mol. The molecule has 0 saturated heterocycles. The van der Waals surface area contributed by atoms with Crippen LogP contribution in [-0.2, 0) is 13.0 Å².